The van der Waals surface area contributed by atoms with Crippen LogP contribution in [0.3, 0.4) is 0 Å². The van der Waals surface area contributed by atoms with Crippen LogP contribution in [0.25, 0.3) is 77.2 Å². The van der Waals surface area contributed by atoms with Crippen molar-refractivity contribution in [2.45, 2.75) is 19.8 Å². The van der Waals surface area contributed by atoms with Crippen LogP contribution in [0.4, 0.5) is 0 Å². The lowest BCUT2D eigenvalue weighted by molar-refractivity contribution is 0.921. The van der Waals surface area contributed by atoms with E-state index in [-0.39, 0.29) is 0 Å². The fraction of sp³-hybridized carbons (Fsp3) is 0.0667. The number of hydrogen-bond acceptors (Lipinski definition) is 0. The van der Waals surface area contributed by atoms with E-state index in [9.17, 15) is 0 Å². The normalized spacial score (nSPS) is 11.7. The number of rotatable bonds is 6. The summed E-state index contributed by atoms with van der Waals surface area (Å²) in [5.41, 5.74) is 13.5. The van der Waals surface area contributed by atoms with E-state index in [2.05, 4.69) is 180 Å². The predicted molar refractivity (Wildman–Crippen MR) is 200 cm³/mol. The third-order valence-electron chi connectivity index (χ3n) is 9.65. The van der Waals surface area contributed by atoms with Crippen LogP contribution < -0.4 is 0 Å². The van der Waals surface area contributed by atoms with Crippen LogP contribution in [0.5, 0.6) is 0 Å². The molecule has 0 radical (unpaired) electrons. The first-order valence-electron chi connectivity index (χ1n) is 16.6. The molecule has 0 aliphatic carbocycles. The number of benzene rings is 7. The third-order valence-corrected chi connectivity index (χ3v) is 9.65. The van der Waals surface area contributed by atoms with Crippen LogP contribution in [-0.2, 0) is 6.42 Å². The Kier molecular flexibility index (Phi) is 6.53. The summed E-state index contributed by atoms with van der Waals surface area (Å²) in [6.07, 6.45) is 2.26. The van der Waals surface area contributed by atoms with Gasteiger partial charge in [0.2, 0.25) is 0 Å². The molecule has 0 saturated heterocycles. The molecule has 224 valence electrons. The van der Waals surface area contributed by atoms with Gasteiger partial charge in [0, 0.05) is 32.8 Å². The zero-order valence-electron chi connectivity index (χ0n) is 26.4. The zero-order valence-corrected chi connectivity index (χ0v) is 26.4. The average molecular weight is 603 g/mol. The lowest BCUT2D eigenvalue weighted by Gasteiger charge is -2.14. The van der Waals surface area contributed by atoms with E-state index >= 15 is 0 Å². The van der Waals surface area contributed by atoms with E-state index in [1.165, 1.54) is 82.8 Å². The second-order valence-corrected chi connectivity index (χ2v) is 12.4. The number of aryl methyl sites for hydroxylation is 1. The number of fused-ring (bicyclic) bond motifs is 7. The molecule has 0 saturated carbocycles. The maximum absolute atomic E-state index is 2.47. The minimum atomic E-state index is 1.10. The Morgan fingerprint density at radius 3 is 1.62 bits per heavy atom. The van der Waals surface area contributed by atoms with Gasteiger partial charge in [-0.15, -0.1) is 0 Å². The van der Waals surface area contributed by atoms with Crippen LogP contribution in [-0.4, -0.2) is 9.13 Å². The van der Waals surface area contributed by atoms with Gasteiger partial charge in [-0.3, -0.25) is 0 Å². The smallest absolute Gasteiger partial charge is 0.0549 e. The highest BCUT2D eigenvalue weighted by Crippen LogP contribution is 2.43. The molecule has 0 fully saturated rings. The van der Waals surface area contributed by atoms with E-state index in [0.717, 1.165) is 12.8 Å². The van der Waals surface area contributed by atoms with Crippen molar-refractivity contribution < 1.29 is 0 Å². The summed E-state index contributed by atoms with van der Waals surface area (Å²) in [6, 6.07) is 59.9. The minimum absolute atomic E-state index is 1.10. The number of hydrogen-bond donors (Lipinski definition) is 0. The summed E-state index contributed by atoms with van der Waals surface area (Å²) in [7, 11) is 0. The van der Waals surface area contributed by atoms with Gasteiger partial charge in [-0.05, 0) is 71.1 Å². The van der Waals surface area contributed by atoms with Gasteiger partial charge < -0.3 is 9.13 Å². The highest BCUT2D eigenvalue weighted by Gasteiger charge is 2.21. The van der Waals surface area contributed by atoms with E-state index in [1.54, 1.807) is 0 Å². The Balaban J connectivity index is 1.30. The average Bonchev–Trinajstić information content (AvgIpc) is 3.65. The Hall–Kier alpha value is -5.86. The van der Waals surface area contributed by atoms with Crippen molar-refractivity contribution in [1.29, 1.82) is 0 Å². The van der Waals surface area contributed by atoms with Crippen molar-refractivity contribution in [1.82, 2.24) is 9.13 Å². The van der Waals surface area contributed by atoms with Gasteiger partial charge in [0.1, 0.15) is 0 Å². The first-order chi connectivity index (χ1) is 23.3. The van der Waals surface area contributed by atoms with Crippen LogP contribution in [0.15, 0.2) is 164 Å². The van der Waals surface area contributed by atoms with E-state index in [1.807, 2.05) is 0 Å². The molecule has 0 aliphatic rings. The molecule has 7 aromatic carbocycles. The second kappa shape index (κ2) is 11.2. The van der Waals surface area contributed by atoms with Crippen molar-refractivity contribution in [3.05, 3.63) is 169 Å². The highest BCUT2D eigenvalue weighted by molar-refractivity contribution is 6.29. The summed E-state index contributed by atoms with van der Waals surface area (Å²) >= 11 is 0. The fourth-order valence-corrected chi connectivity index (χ4v) is 7.54. The molecule has 0 aliphatic heterocycles. The van der Waals surface area contributed by atoms with Crippen molar-refractivity contribution in [2.24, 2.45) is 0 Å². The minimum Gasteiger partial charge on any atom is -0.309 e. The standard InChI is InChI=1S/C45H34N2/c1-2-12-31-21-27-35(28-22-31)46-40-19-10-7-16-37(40)44-42(46)29-30-43-45(44)38-17-8-11-20-41(38)47(43)39-18-9-6-15-36(39)34-25-23-33(24-26-34)32-13-4-3-5-14-32/h3-11,13-30H,2,12H2,1H3. The van der Waals surface area contributed by atoms with Gasteiger partial charge in [-0.1, -0.05) is 135 Å². The Morgan fingerprint density at radius 2 is 0.936 bits per heavy atom. The van der Waals surface area contributed by atoms with Crippen LogP contribution in [0.2, 0.25) is 0 Å². The molecular formula is C45H34N2. The van der Waals surface area contributed by atoms with Crippen molar-refractivity contribution in [2.75, 3.05) is 0 Å². The maximum atomic E-state index is 2.47. The molecule has 2 heterocycles. The Morgan fingerprint density at radius 1 is 0.404 bits per heavy atom. The predicted octanol–water partition coefficient (Wildman–Crippen LogP) is 12.2. The molecule has 2 heteroatoms. The van der Waals surface area contributed by atoms with E-state index in [4.69, 9.17) is 0 Å². The third kappa shape index (κ3) is 4.40. The van der Waals surface area contributed by atoms with Gasteiger partial charge in [0.05, 0.1) is 27.8 Å². The SMILES string of the molecule is CCCc1ccc(-n2c3ccccc3c3c4c5ccccc5n(-c5ccccc5-c5ccc(-c6ccccc6)cc5)c4ccc32)cc1. The molecule has 0 atom stereocenters. The molecule has 0 bridgehead atoms. The molecular weight excluding hydrogens is 569 g/mol. The molecule has 0 N–H and O–H groups in total. The largest absolute Gasteiger partial charge is 0.309 e. The number of nitrogens with zero attached hydrogens (tertiary/aromatic N) is 2. The quantitative estimate of drug-likeness (QED) is 0.179. The molecule has 47 heavy (non-hydrogen) atoms. The number of para-hydroxylation sites is 3. The van der Waals surface area contributed by atoms with Crippen LogP contribution in [0, 0.1) is 0 Å². The van der Waals surface area contributed by atoms with Crippen molar-refractivity contribution >= 4 is 43.6 Å². The molecule has 0 spiro atoms. The van der Waals surface area contributed by atoms with Gasteiger partial charge in [-0.2, -0.15) is 0 Å². The molecule has 9 aromatic rings. The van der Waals surface area contributed by atoms with Gasteiger partial charge >= 0.3 is 0 Å². The van der Waals surface area contributed by atoms with Crippen molar-refractivity contribution in [3.63, 3.8) is 0 Å². The van der Waals surface area contributed by atoms with E-state index < -0.39 is 0 Å². The second-order valence-electron chi connectivity index (χ2n) is 12.4. The molecule has 2 aromatic heterocycles. The van der Waals surface area contributed by atoms with Gasteiger partial charge in [-0.25, -0.2) is 0 Å². The number of aromatic nitrogens is 2. The molecule has 2 nitrogen and oxygen atoms in total. The molecule has 0 amide bonds. The summed E-state index contributed by atoms with van der Waals surface area (Å²) in [4.78, 5) is 0. The van der Waals surface area contributed by atoms with Crippen LogP contribution in [0.1, 0.15) is 18.9 Å². The van der Waals surface area contributed by atoms with E-state index in [0.29, 0.717) is 0 Å². The Labute approximate surface area is 274 Å². The van der Waals surface area contributed by atoms with Gasteiger partial charge in [0.15, 0.2) is 0 Å². The first-order valence-corrected chi connectivity index (χ1v) is 16.6. The van der Waals surface area contributed by atoms with Gasteiger partial charge in [0.25, 0.3) is 0 Å². The van der Waals surface area contributed by atoms with Crippen molar-refractivity contribution in [3.8, 4) is 33.6 Å². The topological polar surface area (TPSA) is 9.86 Å². The lowest BCUT2D eigenvalue weighted by Crippen LogP contribution is -1.97. The van der Waals surface area contributed by atoms with Crippen LogP contribution >= 0.6 is 0 Å². The maximum Gasteiger partial charge on any atom is 0.0549 e. The summed E-state index contributed by atoms with van der Waals surface area (Å²) in [5.74, 6) is 0. The summed E-state index contributed by atoms with van der Waals surface area (Å²) < 4.78 is 4.91. The highest BCUT2D eigenvalue weighted by atomic mass is 15.0. The lowest BCUT2D eigenvalue weighted by atomic mass is 9.99. The first kappa shape index (κ1) is 27.5. The fourth-order valence-electron chi connectivity index (χ4n) is 7.54. The molecule has 0 unspecified atom stereocenters. The Bertz CT molecular complexity index is 2550. The summed E-state index contributed by atoms with van der Waals surface area (Å²) in [6.45, 7) is 2.24. The zero-order chi connectivity index (χ0) is 31.3. The molecule has 9 rings (SSSR count). The summed E-state index contributed by atoms with van der Waals surface area (Å²) in [5, 5.41) is 5.14. The monoisotopic (exact) mass is 602 g/mol.